The predicted octanol–water partition coefficient (Wildman–Crippen LogP) is 3.95. The minimum atomic E-state index is -0.289. The van der Waals surface area contributed by atoms with Gasteiger partial charge in [-0.25, -0.2) is 9.67 Å². The molecule has 0 bridgehead atoms. The van der Waals surface area contributed by atoms with E-state index in [-0.39, 0.29) is 12.5 Å². The first-order valence-electron chi connectivity index (χ1n) is 9.76. The van der Waals surface area contributed by atoms with Crippen LogP contribution in [0.3, 0.4) is 0 Å². The van der Waals surface area contributed by atoms with E-state index < -0.39 is 0 Å². The van der Waals surface area contributed by atoms with E-state index in [2.05, 4.69) is 15.4 Å². The lowest BCUT2D eigenvalue weighted by Gasteiger charge is -2.15. The Balaban J connectivity index is 1.48. The quantitative estimate of drug-likeness (QED) is 0.437. The number of aromatic nitrogens is 3. The number of nitrogens with zero attached hydrogens (tertiary/aromatic N) is 3. The largest absolute Gasteiger partial charge is 0.496 e. The average Bonchev–Trinajstić information content (AvgIpc) is 3.52. The first-order valence-corrected chi connectivity index (χ1v) is 10.6. The van der Waals surface area contributed by atoms with Gasteiger partial charge in [0.1, 0.15) is 28.0 Å². The van der Waals surface area contributed by atoms with Crippen molar-refractivity contribution in [3.05, 3.63) is 71.5 Å². The van der Waals surface area contributed by atoms with E-state index in [1.165, 1.54) is 11.3 Å². The fraction of sp³-hybridized carbons (Fsp3) is 0.174. The zero-order valence-electron chi connectivity index (χ0n) is 17.9. The molecule has 0 radical (unpaired) electrons. The summed E-state index contributed by atoms with van der Waals surface area (Å²) in [7, 11) is 4.68. The topological polar surface area (TPSA) is 87.5 Å². The molecule has 0 unspecified atom stereocenters. The number of hydrogen-bond acceptors (Lipinski definition) is 7. The molecule has 0 aliphatic rings. The second kappa shape index (κ2) is 9.52. The molecule has 0 atom stereocenters. The van der Waals surface area contributed by atoms with Crippen LogP contribution in [0.2, 0.25) is 0 Å². The standard InChI is InChI=1S/C23H22N4O4S/c1-29-17-9-20(30-2)18(21(10-17)31-3)12-24-22(28)19-14-32-23(26-19)15-11-25-27(13-15)16-7-5-4-6-8-16/h4-11,13-14H,12H2,1-3H3,(H,24,28). The van der Waals surface area contributed by atoms with Crippen molar-refractivity contribution < 1.29 is 19.0 Å². The molecular formula is C23H22N4O4S. The fourth-order valence-corrected chi connectivity index (χ4v) is 3.95. The van der Waals surface area contributed by atoms with Crippen LogP contribution >= 0.6 is 11.3 Å². The Morgan fingerprint density at radius 3 is 2.44 bits per heavy atom. The van der Waals surface area contributed by atoms with Crippen LogP contribution in [0.4, 0.5) is 0 Å². The third-order valence-electron chi connectivity index (χ3n) is 4.83. The van der Waals surface area contributed by atoms with Crippen LogP contribution in [0.25, 0.3) is 16.3 Å². The highest BCUT2D eigenvalue weighted by molar-refractivity contribution is 7.13. The summed E-state index contributed by atoms with van der Waals surface area (Å²) in [6, 6.07) is 13.3. The lowest BCUT2D eigenvalue weighted by molar-refractivity contribution is 0.0946. The van der Waals surface area contributed by atoms with Crippen molar-refractivity contribution in [1.82, 2.24) is 20.1 Å². The Labute approximate surface area is 189 Å². The summed E-state index contributed by atoms with van der Waals surface area (Å²) in [5.74, 6) is 1.44. The normalized spacial score (nSPS) is 10.6. The summed E-state index contributed by atoms with van der Waals surface area (Å²) >= 11 is 1.39. The van der Waals surface area contributed by atoms with E-state index in [1.54, 1.807) is 49.7 Å². The predicted molar refractivity (Wildman–Crippen MR) is 122 cm³/mol. The molecular weight excluding hydrogens is 428 g/mol. The summed E-state index contributed by atoms with van der Waals surface area (Å²) in [6.45, 7) is 0.216. The Morgan fingerprint density at radius 2 is 1.78 bits per heavy atom. The Morgan fingerprint density at radius 1 is 1.06 bits per heavy atom. The van der Waals surface area contributed by atoms with E-state index in [9.17, 15) is 4.79 Å². The third-order valence-corrected chi connectivity index (χ3v) is 5.72. The molecule has 0 fully saturated rings. The van der Waals surface area contributed by atoms with E-state index in [4.69, 9.17) is 14.2 Å². The molecule has 0 aliphatic carbocycles. The number of hydrogen-bond donors (Lipinski definition) is 1. The summed E-state index contributed by atoms with van der Waals surface area (Å²) in [4.78, 5) is 17.2. The maximum Gasteiger partial charge on any atom is 0.271 e. The van der Waals surface area contributed by atoms with Crippen molar-refractivity contribution in [2.45, 2.75) is 6.54 Å². The fourth-order valence-electron chi connectivity index (χ4n) is 3.18. The monoisotopic (exact) mass is 450 g/mol. The van der Waals surface area contributed by atoms with Gasteiger partial charge in [-0.05, 0) is 12.1 Å². The van der Waals surface area contributed by atoms with Gasteiger partial charge in [0.05, 0.1) is 45.3 Å². The molecule has 0 saturated carbocycles. The number of thiazole rings is 1. The lowest BCUT2D eigenvalue weighted by Crippen LogP contribution is -2.23. The molecule has 0 saturated heterocycles. The highest BCUT2D eigenvalue weighted by atomic mass is 32.1. The van der Waals surface area contributed by atoms with Gasteiger partial charge in [-0.2, -0.15) is 5.10 Å². The van der Waals surface area contributed by atoms with Crippen LogP contribution in [0.5, 0.6) is 17.2 Å². The van der Waals surface area contributed by atoms with Crippen molar-refractivity contribution in [3.63, 3.8) is 0 Å². The minimum absolute atomic E-state index is 0.216. The molecule has 0 aliphatic heterocycles. The van der Waals surface area contributed by atoms with Crippen molar-refractivity contribution in [2.75, 3.05) is 21.3 Å². The average molecular weight is 451 g/mol. The summed E-state index contributed by atoms with van der Waals surface area (Å²) < 4.78 is 17.9. The Kier molecular flexibility index (Phi) is 6.37. The number of methoxy groups -OCH3 is 3. The van der Waals surface area contributed by atoms with Gasteiger partial charge in [0, 0.05) is 29.3 Å². The highest BCUT2D eigenvalue weighted by Crippen LogP contribution is 2.34. The number of carbonyl (C=O) groups excluding carboxylic acids is 1. The Hall–Kier alpha value is -3.85. The van der Waals surface area contributed by atoms with Gasteiger partial charge in [-0.1, -0.05) is 18.2 Å². The summed E-state index contributed by atoms with van der Waals surface area (Å²) in [6.07, 6.45) is 3.63. The van der Waals surface area contributed by atoms with Gasteiger partial charge in [0.15, 0.2) is 0 Å². The number of benzene rings is 2. The number of para-hydroxylation sites is 1. The number of carbonyl (C=O) groups is 1. The maximum atomic E-state index is 12.7. The van der Waals surface area contributed by atoms with E-state index in [1.807, 2.05) is 36.5 Å². The van der Waals surface area contributed by atoms with Crippen molar-refractivity contribution in [1.29, 1.82) is 0 Å². The lowest BCUT2D eigenvalue weighted by atomic mass is 10.1. The molecule has 164 valence electrons. The molecule has 4 aromatic rings. The second-order valence-electron chi connectivity index (χ2n) is 6.74. The number of rotatable bonds is 8. The van der Waals surface area contributed by atoms with Gasteiger partial charge in [0.2, 0.25) is 0 Å². The SMILES string of the molecule is COc1cc(OC)c(CNC(=O)c2csc(-c3cnn(-c4ccccc4)c3)n2)c(OC)c1. The van der Waals surface area contributed by atoms with Gasteiger partial charge in [-0.15, -0.1) is 11.3 Å². The first kappa shape index (κ1) is 21.4. The molecule has 32 heavy (non-hydrogen) atoms. The molecule has 1 N–H and O–H groups in total. The molecule has 4 rings (SSSR count). The number of nitrogens with one attached hydrogen (secondary N) is 1. The van der Waals surface area contributed by atoms with Crippen LogP contribution in [0, 0.1) is 0 Å². The van der Waals surface area contributed by atoms with Gasteiger partial charge < -0.3 is 19.5 Å². The summed E-state index contributed by atoms with van der Waals surface area (Å²) in [5, 5.41) is 9.72. The van der Waals surface area contributed by atoms with Crippen LogP contribution in [0.15, 0.2) is 60.2 Å². The smallest absolute Gasteiger partial charge is 0.271 e. The summed E-state index contributed by atoms with van der Waals surface area (Å²) in [5.41, 5.74) is 2.85. The number of ether oxygens (including phenoxy) is 3. The molecule has 8 nitrogen and oxygen atoms in total. The first-order chi connectivity index (χ1) is 15.6. The van der Waals surface area contributed by atoms with Gasteiger partial charge in [-0.3, -0.25) is 4.79 Å². The van der Waals surface area contributed by atoms with E-state index in [0.29, 0.717) is 28.5 Å². The molecule has 0 spiro atoms. The highest BCUT2D eigenvalue weighted by Gasteiger charge is 2.17. The molecule has 1 amide bonds. The van der Waals surface area contributed by atoms with Crippen LogP contribution in [0.1, 0.15) is 16.1 Å². The molecule has 2 aromatic carbocycles. The number of amides is 1. The van der Waals surface area contributed by atoms with Crippen molar-refractivity contribution >= 4 is 17.2 Å². The second-order valence-corrected chi connectivity index (χ2v) is 7.60. The van der Waals surface area contributed by atoms with E-state index in [0.717, 1.165) is 16.3 Å². The van der Waals surface area contributed by atoms with E-state index >= 15 is 0 Å². The van der Waals surface area contributed by atoms with Gasteiger partial charge in [0.25, 0.3) is 5.91 Å². The Bertz CT molecular complexity index is 1190. The third kappa shape index (κ3) is 4.42. The maximum absolute atomic E-state index is 12.7. The zero-order valence-corrected chi connectivity index (χ0v) is 18.7. The van der Waals surface area contributed by atoms with Crippen molar-refractivity contribution in [3.8, 4) is 33.5 Å². The van der Waals surface area contributed by atoms with Crippen LogP contribution in [-0.2, 0) is 6.54 Å². The molecule has 2 aromatic heterocycles. The minimum Gasteiger partial charge on any atom is -0.496 e. The van der Waals surface area contributed by atoms with Gasteiger partial charge >= 0.3 is 0 Å². The zero-order chi connectivity index (χ0) is 22.5. The van der Waals surface area contributed by atoms with Crippen LogP contribution in [-0.4, -0.2) is 42.0 Å². The van der Waals surface area contributed by atoms with Crippen molar-refractivity contribution in [2.24, 2.45) is 0 Å². The molecule has 2 heterocycles. The van der Waals surface area contributed by atoms with Crippen LogP contribution < -0.4 is 19.5 Å². The molecule has 9 heteroatoms.